The van der Waals surface area contributed by atoms with Crippen LogP contribution in [0.4, 0.5) is 4.79 Å². The van der Waals surface area contributed by atoms with E-state index >= 15 is 0 Å². The molecular formula is C15H26N2O4. The minimum atomic E-state index is -0.962. The van der Waals surface area contributed by atoms with E-state index in [1.165, 1.54) is 4.90 Å². The minimum absolute atomic E-state index is 0.186. The molecule has 0 spiro atoms. The number of aliphatic carboxylic acids is 1. The van der Waals surface area contributed by atoms with Crippen LogP contribution in [0, 0.1) is 5.92 Å². The summed E-state index contributed by atoms with van der Waals surface area (Å²) < 4.78 is 5.97. The molecule has 120 valence electrons. The number of nitrogens with zero attached hydrogens (tertiary/aromatic N) is 2. The Bertz CT molecular complexity index is 413. The van der Waals surface area contributed by atoms with Gasteiger partial charge in [-0.2, -0.15) is 0 Å². The molecule has 2 rings (SSSR count). The first-order valence-corrected chi connectivity index (χ1v) is 7.54. The number of carbonyl (C=O) groups excluding carboxylic acids is 1. The second-order valence-corrected chi connectivity index (χ2v) is 7.48. The van der Waals surface area contributed by atoms with E-state index in [0.717, 1.165) is 12.8 Å². The Hall–Kier alpha value is -1.30. The molecule has 1 saturated heterocycles. The Morgan fingerprint density at radius 3 is 2.14 bits per heavy atom. The molecule has 0 radical (unpaired) electrons. The second kappa shape index (κ2) is 5.48. The topological polar surface area (TPSA) is 70.1 Å². The molecule has 6 nitrogen and oxygen atoms in total. The normalized spacial score (nSPS) is 23.7. The SMILES string of the molecule is CC1(C)CN(C(=O)N(CC(=O)O)CC2CC2)CC(C)(C)O1. The number of hydrogen-bond donors (Lipinski definition) is 1. The van der Waals surface area contributed by atoms with Gasteiger partial charge < -0.3 is 19.6 Å². The van der Waals surface area contributed by atoms with E-state index in [9.17, 15) is 9.59 Å². The van der Waals surface area contributed by atoms with Crippen LogP contribution in [0.5, 0.6) is 0 Å². The van der Waals surface area contributed by atoms with Crippen molar-refractivity contribution in [3.8, 4) is 0 Å². The number of carboxylic acids is 1. The predicted molar refractivity (Wildman–Crippen MR) is 78.1 cm³/mol. The van der Waals surface area contributed by atoms with Gasteiger partial charge in [-0.15, -0.1) is 0 Å². The van der Waals surface area contributed by atoms with Crippen molar-refractivity contribution in [2.45, 2.75) is 51.7 Å². The molecule has 1 saturated carbocycles. The maximum Gasteiger partial charge on any atom is 0.323 e. The molecule has 0 atom stereocenters. The number of ether oxygens (including phenoxy) is 1. The average Bonchev–Trinajstić information content (AvgIpc) is 3.06. The molecule has 0 aromatic carbocycles. The fourth-order valence-electron chi connectivity index (χ4n) is 3.11. The van der Waals surface area contributed by atoms with Crippen molar-refractivity contribution in [1.82, 2.24) is 9.80 Å². The third kappa shape index (κ3) is 4.59. The van der Waals surface area contributed by atoms with E-state index in [1.54, 1.807) is 4.90 Å². The van der Waals surface area contributed by atoms with Crippen LogP contribution in [0.3, 0.4) is 0 Å². The van der Waals surface area contributed by atoms with Crippen molar-refractivity contribution in [3.63, 3.8) is 0 Å². The van der Waals surface area contributed by atoms with Gasteiger partial charge in [0, 0.05) is 6.54 Å². The largest absolute Gasteiger partial charge is 0.480 e. The summed E-state index contributed by atoms with van der Waals surface area (Å²) in [5, 5.41) is 9.03. The van der Waals surface area contributed by atoms with Crippen molar-refractivity contribution < 1.29 is 19.4 Å². The lowest BCUT2D eigenvalue weighted by atomic mass is 9.99. The molecule has 1 N–H and O–H groups in total. The van der Waals surface area contributed by atoms with Gasteiger partial charge in [0.15, 0.2) is 0 Å². The Morgan fingerprint density at radius 2 is 1.71 bits per heavy atom. The van der Waals surface area contributed by atoms with Crippen molar-refractivity contribution in [2.75, 3.05) is 26.2 Å². The number of hydrogen-bond acceptors (Lipinski definition) is 3. The zero-order chi connectivity index (χ0) is 15.8. The Labute approximate surface area is 126 Å². The highest BCUT2D eigenvalue weighted by atomic mass is 16.5. The number of rotatable bonds is 4. The van der Waals surface area contributed by atoms with Crippen LogP contribution in [0.25, 0.3) is 0 Å². The highest BCUT2D eigenvalue weighted by Gasteiger charge is 2.41. The van der Waals surface area contributed by atoms with Gasteiger partial charge in [0.1, 0.15) is 6.54 Å². The van der Waals surface area contributed by atoms with Gasteiger partial charge >= 0.3 is 12.0 Å². The molecule has 1 aliphatic carbocycles. The van der Waals surface area contributed by atoms with Crippen LogP contribution in [-0.2, 0) is 9.53 Å². The monoisotopic (exact) mass is 298 g/mol. The van der Waals surface area contributed by atoms with Crippen LogP contribution >= 0.6 is 0 Å². The lowest BCUT2D eigenvalue weighted by molar-refractivity contribution is -0.172. The van der Waals surface area contributed by atoms with Crippen molar-refractivity contribution in [3.05, 3.63) is 0 Å². The summed E-state index contributed by atoms with van der Waals surface area (Å²) in [6, 6.07) is -0.186. The first kappa shape index (κ1) is 16.1. The summed E-state index contributed by atoms with van der Waals surface area (Å²) in [5.74, 6) is -0.494. The average molecular weight is 298 g/mol. The zero-order valence-corrected chi connectivity index (χ0v) is 13.4. The van der Waals surface area contributed by atoms with Gasteiger partial charge in [-0.25, -0.2) is 4.79 Å². The molecule has 2 aliphatic rings. The molecule has 21 heavy (non-hydrogen) atoms. The van der Waals surface area contributed by atoms with Crippen LogP contribution in [0.15, 0.2) is 0 Å². The van der Waals surface area contributed by atoms with E-state index in [1.807, 2.05) is 27.7 Å². The summed E-state index contributed by atoms with van der Waals surface area (Å²) >= 11 is 0. The van der Waals surface area contributed by atoms with E-state index in [2.05, 4.69) is 0 Å². The molecule has 0 bridgehead atoms. The molecule has 0 aromatic rings. The third-order valence-electron chi connectivity index (χ3n) is 3.74. The van der Waals surface area contributed by atoms with Crippen molar-refractivity contribution in [1.29, 1.82) is 0 Å². The second-order valence-electron chi connectivity index (χ2n) is 7.48. The predicted octanol–water partition coefficient (Wildman–Crippen LogP) is 1.79. The molecule has 2 fully saturated rings. The summed E-state index contributed by atoms with van der Waals surface area (Å²) in [4.78, 5) is 26.9. The molecule has 1 heterocycles. The maximum atomic E-state index is 12.7. The lowest BCUT2D eigenvalue weighted by Gasteiger charge is -2.48. The zero-order valence-electron chi connectivity index (χ0n) is 13.4. The van der Waals surface area contributed by atoms with Crippen LogP contribution in [-0.4, -0.2) is 64.3 Å². The van der Waals surface area contributed by atoms with Crippen molar-refractivity contribution in [2.24, 2.45) is 5.92 Å². The lowest BCUT2D eigenvalue weighted by Crippen LogP contribution is -2.61. The van der Waals surface area contributed by atoms with Crippen LogP contribution in [0.2, 0.25) is 0 Å². The third-order valence-corrected chi connectivity index (χ3v) is 3.74. The first-order valence-electron chi connectivity index (χ1n) is 7.54. The number of urea groups is 1. The summed E-state index contributed by atoms with van der Waals surface area (Å²) in [7, 11) is 0. The van der Waals surface area contributed by atoms with Crippen LogP contribution in [0.1, 0.15) is 40.5 Å². The fourth-order valence-corrected chi connectivity index (χ4v) is 3.11. The van der Waals surface area contributed by atoms with Crippen LogP contribution < -0.4 is 0 Å². The maximum absolute atomic E-state index is 12.7. The standard InChI is InChI=1S/C15H26N2O4/c1-14(2)9-17(10-15(3,4)21-14)13(20)16(8-12(18)19)7-11-5-6-11/h11H,5-10H2,1-4H3,(H,18,19). The summed E-state index contributed by atoms with van der Waals surface area (Å²) in [6.07, 6.45) is 2.17. The van der Waals surface area contributed by atoms with Crippen molar-refractivity contribution >= 4 is 12.0 Å². The summed E-state index contributed by atoms with van der Waals surface area (Å²) in [6.45, 7) is 9.10. The highest BCUT2D eigenvalue weighted by Crippen LogP contribution is 2.32. The highest BCUT2D eigenvalue weighted by molar-refractivity contribution is 5.80. The Balaban J connectivity index is 2.08. The van der Waals surface area contributed by atoms with Gasteiger partial charge in [-0.1, -0.05) is 0 Å². The fraction of sp³-hybridized carbons (Fsp3) is 0.867. The number of carbonyl (C=O) groups is 2. The van der Waals surface area contributed by atoms with Gasteiger partial charge in [-0.3, -0.25) is 4.79 Å². The Kier molecular flexibility index (Phi) is 4.19. The van der Waals surface area contributed by atoms with E-state index in [-0.39, 0.29) is 12.6 Å². The number of morpholine rings is 1. The van der Waals surface area contributed by atoms with Gasteiger partial charge in [-0.05, 0) is 46.5 Å². The number of amides is 2. The van der Waals surface area contributed by atoms with Gasteiger partial charge in [0.2, 0.25) is 0 Å². The quantitative estimate of drug-likeness (QED) is 0.859. The number of carboxylic acid groups (broad SMARTS) is 1. The molecule has 0 unspecified atom stereocenters. The minimum Gasteiger partial charge on any atom is -0.480 e. The smallest absolute Gasteiger partial charge is 0.323 e. The van der Waals surface area contributed by atoms with E-state index in [0.29, 0.717) is 25.6 Å². The van der Waals surface area contributed by atoms with E-state index < -0.39 is 17.2 Å². The van der Waals surface area contributed by atoms with Gasteiger partial charge in [0.05, 0.1) is 24.3 Å². The molecule has 1 aliphatic heterocycles. The Morgan fingerprint density at radius 1 is 1.19 bits per heavy atom. The molecule has 0 aromatic heterocycles. The van der Waals surface area contributed by atoms with E-state index in [4.69, 9.17) is 9.84 Å². The molecule has 2 amide bonds. The molecular weight excluding hydrogens is 272 g/mol. The first-order chi connectivity index (χ1) is 9.58. The summed E-state index contributed by atoms with van der Waals surface area (Å²) in [5.41, 5.74) is -0.849. The molecule has 6 heteroatoms. The van der Waals surface area contributed by atoms with Gasteiger partial charge in [0.25, 0.3) is 0 Å².